The topological polar surface area (TPSA) is 45.1 Å². The molecule has 4 rings (SSSR count). The number of nitrogens with zero attached hydrogens (tertiary/aromatic N) is 3. The lowest BCUT2D eigenvalue weighted by molar-refractivity contribution is -0.123. The van der Waals surface area contributed by atoms with Crippen molar-refractivity contribution in [2.24, 2.45) is 4.99 Å². The van der Waals surface area contributed by atoms with Crippen molar-refractivity contribution in [3.8, 4) is 0 Å². The van der Waals surface area contributed by atoms with Gasteiger partial charge >= 0.3 is 6.02 Å². The van der Waals surface area contributed by atoms with Crippen LogP contribution in [-0.2, 0) is 16.1 Å². The van der Waals surface area contributed by atoms with Crippen LogP contribution >= 0.6 is 0 Å². The second-order valence-electron chi connectivity index (χ2n) is 8.14. The number of hydrogen-bond donors (Lipinski definition) is 0. The van der Waals surface area contributed by atoms with Gasteiger partial charge in [-0.25, -0.2) is 4.99 Å². The van der Waals surface area contributed by atoms with Crippen LogP contribution < -0.4 is 4.90 Å². The van der Waals surface area contributed by atoms with Gasteiger partial charge in [-0.1, -0.05) is 60.7 Å². The highest BCUT2D eigenvalue weighted by Crippen LogP contribution is 2.24. The van der Waals surface area contributed by atoms with Crippen molar-refractivity contribution < 1.29 is 9.53 Å². The summed E-state index contributed by atoms with van der Waals surface area (Å²) < 4.78 is 6.01. The van der Waals surface area contributed by atoms with E-state index >= 15 is 0 Å². The van der Waals surface area contributed by atoms with E-state index in [1.54, 1.807) is 11.0 Å². The minimum Gasteiger partial charge on any atom is -0.420 e. The summed E-state index contributed by atoms with van der Waals surface area (Å²) in [4.78, 5) is 21.9. The van der Waals surface area contributed by atoms with E-state index in [2.05, 4.69) is 54.1 Å². The molecule has 1 fully saturated rings. The molecule has 5 nitrogen and oxygen atoms in total. The lowest BCUT2D eigenvalue weighted by Crippen LogP contribution is -2.29. The molecule has 2 aromatic carbocycles. The first-order chi connectivity index (χ1) is 16.2. The van der Waals surface area contributed by atoms with Crippen LogP contribution in [0.4, 0.5) is 5.69 Å². The van der Waals surface area contributed by atoms with Crippen molar-refractivity contribution >= 4 is 23.7 Å². The summed E-state index contributed by atoms with van der Waals surface area (Å²) in [5, 5.41) is 0. The minimum atomic E-state index is -0.164. The van der Waals surface area contributed by atoms with Gasteiger partial charge in [0.1, 0.15) is 0 Å². The van der Waals surface area contributed by atoms with Crippen molar-refractivity contribution in [3.05, 3.63) is 95.3 Å². The second kappa shape index (κ2) is 10.8. The van der Waals surface area contributed by atoms with Gasteiger partial charge in [0.15, 0.2) is 5.76 Å². The molecule has 0 saturated carbocycles. The Labute approximate surface area is 196 Å². The number of allylic oxidation sites excluding steroid dienone is 3. The average molecular weight is 442 g/mol. The Morgan fingerprint density at radius 2 is 1.82 bits per heavy atom. The predicted octanol–water partition coefficient (Wildman–Crippen LogP) is 5.57. The van der Waals surface area contributed by atoms with Gasteiger partial charge in [0.25, 0.3) is 5.91 Å². The molecule has 2 aliphatic rings. The third-order valence-electron chi connectivity index (χ3n) is 5.91. The number of rotatable bonds is 8. The molecule has 0 bridgehead atoms. The molecule has 1 saturated heterocycles. The molecule has 0 N–H and O–H groups in total. The number of ether oxygens (including phenoxy) is 1. The SMILES string of the molecule is CCN(CC)c1ccc(/C=C2/OC(=NCC3=CC=CCC3)N(Cc3ccccc3)C2=O)cc1. The monoisotopic (exact) mass is 441 g/mol. The first-order valence-electron chi connectivity index (χ1n) is 11.7. The maximum atomic E-state index is 13.3. The van der Waals surface area contributed by atoms with Gasteiger partial charge in [-0.3, -0.25) is 9.69 Å². The van der Waals surface area contributed by atoms with E-state index in [-0.39, 0.29) is 5.91 Å². The molecule has 0 atom stereocenters. The van der Waals surface area contributed by atoms with Gasteiger partial charge < -0.3 is 9.64 Å². The normalized spacial score (nSPS) is 18.1. The maximum Gasteiger partial charge on any atom is 0.300 e. The summed E-state index contributed by atoms with van der Waals surface area (Å²) >= 11 is 0. The number of carbonyl (C=O) groups is 1. The van der Waals surface area contributed by atoms with Crippen LogP contribution in [0.3, 0.4) is 0 Å². The number of benzene rings is 2. The quantitative estimate of drug-likeness (QED) is 0.504. The van der Waals surface area contributed by atoms with Crippen molar-refractivity contribution in [1.29, 1.82) is 0 Å². The molecule has 0 unspecified atom stereocenters. The molecule has 1 amide bonds. The van der Waals surface area contributed by atoms with Crippen LogP contribution in [0.2, 0.25) is 0 Å². The Balaban J connectivity index is 1.57. The highest BCUT2D eigenvalue weighted by molar-refractivity contribution is 6.11. The van der Waals surface area contributed by atoms with Crippen LogP contribution in [0.5, 0.6) is 0 Å². The summed E-state index contributed by atoms with van der Waals surface area (Å²) in [7, 11) is 0. The van der Waals surface area contributed by atoms with E-state index in [1.165, 1.54) is 11.3 Å². The Morgan fingerprint density at radius 3 is 2.48 bits per heavy atom. The van der Waals surface area contributed by atoms with E-state index in [0.29, 0.717) is 24.9 Å². The molecule has 33 heavy (non-hydrogen) atoms. The van der Waals surface area contributed by atoms with E-state index in [1.807, 2.05) is 42.5 Å². The molecule has 0 aromatic heterocycles. The molecule has 2 aromatic rings. The van der Waals surface area contributed by atoms with Crippen molar-refractivity contribution in [2.45, 2.75) is 33.2 Å². The summed E-state index contributed by atoms with van der Waals surface area (Å²) in [5.74, 6) is 0.140. The molecular formula is C28H31N3O2. The molecule has 170 valence electrons. The fourth-order valence-corrected chi connectivity index (χ4v) is 4.01. The predicted molar refractivity (Wildman–Crippen MR) is 135 cm³/mol. The summed E-state index contributed by atoms with van der Waals surface area (Å²) in [6.45, 7) is 7.16. The summed E-state index contributed by atoms with van der Waals surface area (Å²) in [5.41, 5.74) is 4.37. The van der Waals surface area contributed by atoms with Crippen LogP contribution in [0.25, 0.3) is 6.08 Å². The second-order valence-corrected chi connectivity index (χ2v) is 8.14. The Hall–Kier alpha value is -3.60. The van der Waals surface area contributed by atoms with E-state index in [9.17, 15) is 4.79 Å². The van der Waals surface area contributed by atoms with Crippen LogP contribution in [0.1, 0.15) is 37.8 Å². The van der Waals surface area contributed by atoms with Gasteiger partial charge in [-0.2, -0.15) is 0 Å². The van der Waals surface area contributed by atoms with Crippen molar-refractivity contribution in [3.63, 3.8) is 0 Å². The molecule has 0 radical (unpaired) electrons. The number of anilines is 1. The fourth-order valence-electron chi connectivity index (χ4n) is 4.01. The highest BCUT2D eigenvalue weighted by atomic mass is 16.5. The minimum absolute atomic E-state index is 0.164. The average Bonchev–Trinajstić information content (AvgIpc) is 3.15. The van der Waals surface area contributed by atoms with Crippen molar-refractivity contribution in [1.82, 2.24) is 4.90 Å². The Bertz CT molecular complexity index is 1080. The smallest absolute Gasteiger partial charge is 0.300 e. The molecule has 1 aliphatic carbocycles. The zero-order valence-electron chi connectivity index (χ0n) is 19.4. The largest absolute Gasteiger partial charge is 0.420 e. The summed E-state index contributed by atoms with van der Waals surface area (Å²) in [6.07, 6.45) is 10.1. The van der Waals surface area contributed by atoms with Crippen LogP contribution in [0, 0.1) is 0 Å². The zero-order valence-corrected chi connectivity index (χ0v) is 19.4. The van der Waals surface area contributed by atoms with Crippen molar-refractivity contribution in [2.75, 3.05) is 24.5 Å². The molecule has 1 aliphatic heterocycles. The number of amidine groups is 1. The number of carbonyl (C=O) groups excluding carboxylic acids is 1. The van der Waals surface area contributed by atoms with Gasteiger partial charge in [0.05, 0.1) is 13.1 Å². The third-order valence-corrected chi connectivity index (χ3v) is 5.91. The van der Waals surface area contributed by atoms with Gasteiger partial charge in [-0.15, -0.1) is 0 Å². The maximum absolute atomic E-state index is 13.3. The zero-order chi connectivity index (χ0) is 23.0. The molecular weight excluding hydrogens is 410 g/mol. The molecule has 0 spiro atoms. The molecule has 5 heteroatoms. The van der Waals surface area contributed by atoms with Crippen LogP contribution in [-0.4, -0.2) is 36.5 Å². The first kappa shape index (κ1) is 22.6. The fraction of sp³-hybridized carbons (Fsp3) is 0.286. The summed E-state index contributed by atoms with van der Waals surface area (Å²) in [6, 6.07) is 18.5. The number of aliphatic imine (C=N–C) groups is 1. The van der Waals surface area contributed by atoms with E-state index in [0.717, 1.165) is 37.1 Å². The lowest BCUT2D eigenvalue weighted by Gasteiger charge is -2.20. The standard InChI is InChI=1S/C28H31N3O2/c1-3-30(4-2)25-17-15-22(16-18-25)19-26-27(32)31(21-24-13-9-6-10-14-24)28(33-26)29-20-23-11-7-5-8-12-23/h5-7,9-11,13-19H,3-4,8,12,20-21H2,1-2H3/b26-19+,29-28?. The van der Waals surface area contributed by atoms with Gasteiger partial charge in [0.2, 0.25) is 0 Å². The van der Waals surface area contributed by atoms with Crippen LogP contribution in [0.15, 0.2) is 89.2 Å². The van der Waals surface area contributed by atoms with Gasteiger partial charge in [-0.05, 0) is 61.6 Å². The number of amides is 1. The van der Waals surface area contributed by atoms with Gasteiger partial charge in [0, 0.05) is 18.8 Å². The van der Waals surface area contributed by atoms with E-state index < -0.39 is 0 Å². The van der Waals surface area contributed by atoms with E-state index in [4.69, 9.17) is 4.74 Å². The Morgan fingerprint density at radius 1 is 1.06 bits per heavy atom. The first-order valence-corrected chi connectivity index (χ1v) is 11.7. The lowest BCUT2D eigenvalue weighted by atomic mass is 10.1. The third kappa shape index (κ3) is 5.61. The Kier molecular flexibility index (Phi) is 7.40. The number of hydrogen-bond acceptors (Lipinski definition) is 4. The highest BCUT2D eigenvalue weighted by Gasteiger charge is 2.34. The molecule has 1 heterocycles.